The molecular formula is C12H23N3O3. The highest BCUT2D eigenvalue weighted by Crippen LogP contribution is 2.11. The van der Waals surface area contributed by atoms with Crippen LogP contribution in [-0.2, 0) is 9.53 Å². The highest BCUT2D eigenvalue weighted by atomic mass is 16.5. The van der Waals surface area contributed by atoms with Crippen LogP contribution in [0.3, 0.4) is 0 Å². The third-order valence-electron chi connectivity index (χ3n) is 3.15. The summed E-state index contributed by atoms with van der Waals surface area (Å²) in [6.45, 7) is 8.66. The molecule has 1 heterocycles. The molecule has 6 heteroatoms. The van der Waals surface area contributed by atoms with Gasteiger partial charge in [0.05, 0.1) is 12.6 Å². The van der Waals surface area contributed by atoms with Crippen molar-refractivity contribution in [3.8, 4) is 0 Å². The zero-order valence-electron chi connectivity index (χ0n) is 11.7. The molecule has 0 atom stereocenters. The van der Waals surface area contributed by atoms with Gasteiger partial charge in [0.25, 0.3) is 0 Å². The van der Waals surface area contributed by atoms with Gasteiger partial charge in [-0.25, -0.2) is 4.79 Å². The summed E-state index contributed by atoms with van der Waals surface area (Å²) >= 11 is 0. The first-order valence-electron chi connectivity index (χ1n) is 6.29. The number of hydrogen-bond donors (Lipinski definition) is 1. The number of amides is 2. The van der Waals surface area contributed by atoms with Gasteiger partial charge in [-0.15, -0.1) is 0 Å². The van der Waals surface area contributed by atoms with Crippen LogP contribution in [0.1, 0.15) is 20.8 Å². The van der Waals surface area contributed by atoms with E-state index in [2.05, 4.69) is 10.1 Å². The number of methoxy groups -OCH3 is 1. The molecule has 0 unspecified atom stereocenters. The molecule has 6 nitrogen and oxygen atoms in total. The van der Waals surface area contributed by atoms with Crippen molar-refractivity contribution in [3.63, 3.8) is 0 Å². The molecule has 0 saturated carbocycles. The van der Waals surface area contributed by atoms with E-state index in [4.69, 9.17) is 0 Å². The number of hydrogen-bond acceptors (Lipinski definition) is 4. The second-order valence-corrected chi connectivity index (χ2v) is 4.90. The molecule has 0 bridgehead atoms. The molecule has 0 radical (unpaired) electrons. The average Bonchev–Trinajstić information content (AvgIpc) is 2.37. The fourth-order valence-electron chi connectivity index (χ4n) is 2.13. The SMILES string of the molecule is CCNC(C)(C)C(=O)N1CCN(C(=O)OC)CC1. The highest BCUT2D eigenvalue weighted by Gasteiger charge is 2.33. The Morgan fingerprint density at radius 3 is 2.11 bits per heavy atom. The number of nitrogens with one attached hydrogen (secondary N) is 1. The maximum atomic E-state index is 12.3. The lowest BCUT2D eigenvalue weighted by atomic mass is 10.0. The van der Waals surface area contributed by atoms with Gasteiger partial charge >= 0.3 is 6.09 Å². The summed E-state index contributed by atoms with van der Waals surface area (Å²) in [5, 5.41) is 3.17. The largest absolute Gasteiger partial charge is 0.453 e. The first-order chi connectivity index (χ1) is 8.42. The van der Waals surface area contributed by atoms with Gasteiger partial charge in [-0.1, -0.05) is 6.92 Å². The van der Waals surface area contributed by atoms with Crippen LogP contribution < -0.4 is 5.32 Å². The van der Waals surface area contributed by atoms with Crippen molar-refractivity contribution in [3.05, 3.63) is 0 Å². The summed E-state index contributed by atoms with van der Waals surface area (Å²) in [7, 11) is 1.37. The van der Waals surface area contributed by atoms with Crippen LogP contribution in [-0.4, -0.2) is 67.2 Å². The maximum absolute atomic E-state index is 12.3. The van der Waals surface area contributed by atoms with E-state index >= 15 is 0 Å². The predicted octanol–water partition coefficient (Wildman–Crippen LogP) is 0.285. The number of nitrogens with zero attached hydrogens (tertiary/aromatic N) is 2. The van der Waals surface area contributed by atoms with Crippen LogP contribution in [0.5, 0.6) is 0 Å². The van der Waals surface area contributed by atoms with Crippen LogP contribution in [0.4, 0.5) is 4.79 Å². The lowest BCUT2D eigenvalue weighted by Crippen LogP contribution is -2.59. The van der Waals surface area contributed by atoms with Gasteiger partial charge in [0.15, 0.2) is 0 Å². The molecule has 104 valence electrons. The molecule has 0 aliphatic carbocycles. The number of carbonyl (C=O) groups excluding carboxylic acids is 2. The van der Waals surface area contributed by atoms with Gasteiger partial charge < -0.3 is 19.9 Å². The van der Waals surface area contributed by atoms with Gasteiger partial charge in [0, 0.05) is 26.2 Å². The van der Waals surface area contributed by atoms with Crippen LogP contribution in [0.25, 0.3) is 0 Å². The number of rotatable bonds is 3. The average molecular weight is 257 g/mol. The Balaban J connectivity index is 2.52. The molecular weight excluding hydrogens is 234 g/mol. The lowest BCUT2D eigenvalue weighted by Gasteiger charge is -2.38. The third kappa shape index (κ3) is 3.35. The van der Waals surface area contributed by atoms with Crippen molar-refractivity contribution in [2.45, 2.75) is 26.3 Å². The van der Waals surface area contributed by atoms with Crippen molar-refractivity contribution in [2.24, 2.45) is 0 Å². The van der Waals surface area contributed by atoms with Crippen LogP contribution >= 0.6 is 0 Å². The van der Waals surface area contributed by atoms with Gasteiger partial charge in [0.1, 0.15) is 0 Å². The Bertz CT molecular complexity index is 310. The van der Waals surface area contributed by atoms with E-state index in [-0.39, 0.29) is 12.0 Å². The molecule has 1 fully saturated rings. The summed E-state index contributed by atoms with van der Waals surface area (Å²) < 4.78 is 4.66. The topological polar surface area (TPSA) is 61.9 Å². The molecule has 1 saturated heterocycles. The van der Waals surface area contributed by atoms with E-state index < -0.39 is 5.54 Å². The summed E-state index contributed by atoms with van der Waals surface area (Å²) in [6, 6.07) is 0. The van der Waals surface area contributed by atoms with Crippen molar-refractivity contribution in [2.75, 3.05) is 39.8 Å². The van der Waals surface area contributed by atoms with Crippen molar-refractivity contribution in [1.29, 1.82) is 0 Å². The molecule has 0 aromatic heterocycles. The Labute approximate surface area is 108 Å². The number of piperazine rings is 1. The number of carbonyl (C=O) groups is 2. The molecule has 0 aromatic carbocycles. The Kier molecular flexibility index (Phi) is 4.95. The Hall–Kier alpha value is -1.30. The van der Waals surface area contributed by atoms with E-state index in [9.17, 15) is 9.59 Å². The third-order valence-corrected chi connectivity index (χ3v) is 3.15. The summed E-state index contributed by atoms with van der Waals surface area (Å²) in [6.07, 6.45) is -0.326. The van der Waals surface area contributed by atoms with Gasteiger partial charge in [-0.3, -0.25) is 4.79 Å². The lowest BCUT2D eigenvalue weighted by molar-refractivity contribution is -0.138. The Morgan fingerprint density at radius 2 is 1.67 bits per heavy atom. The van der Waals surface area contributed by atoms with E-state index in [0.717, 1.165) is 6.54 Å². The minimum atomic E-state index is -0.553. The second kappa shape index (κ2) is 6.04. The molecule has 1 aliphatic heterocycles. The fourth-order valence-corrected chi connectivity index (χ4v) is 2.13. The molecule has 18 heavy (non-hydrogen) atoms. The minimum Gasteiger partial charge on any atom is -0.453 e. The van der Waals surface area contributed by atoms with Gasteiger partial charge in [-0.2, -0.15) is 0 Å². The zero-order valence-corrected chi connectivity index (χ0v) is 11.7. The van der Waals surface area contributed by atoms with E-state index in [0.29, 0.717) is 26.2 Å². The van der Waals surface area contributed by atoms with Crippen molar-refractivity contribution >= 4 is 12.0 Å². The molecule has 1 aliphatic rings. The number of ether oxygens (including phenoxy) is 1. The molecule has 2 amide bonds. The maximum Gasteiger partial charge on any atom is 0.409 e. The quantitative estimate of drug-likeness (QED) is 0.789. The monoisotopic (exact) mass is 257 g/mol. The van der Waals surface area contributed by atoms with Gasteiger partial charge in [0.2, 0.25) is 5.91 Å². The van der Waals surface area contributed by atoms with E-state index in [1.807, 2.05) is 20.8 Å². The molecule has 0 aromatic rings. The van der Waals surface area contributed by atoms with E-state index in [1.54, 1.807) is 9.80 Å². The normalized spacial score (nSPS) is 16.7. The minimum absolute atomic E-state index is 0.0777. The second-order valence-electron chi connectivity index (χ2n) is 4.90. The van der Waals surface area contributed by atoms with Crippen LogP contribution in [0.2, 0.25) is 0 Å². The van der Waals surface area contributed by atoms with E-state index in [1.165, 1.54) is 7.11 Å². The molecule has 0 spiro atoms. The molecule has 1 rings (SSSR count). The first kappa shape index (κ1) is 14.8. The fraction of sp³-hybridized carbons (Fsp3) is 0.833. The summed E-state index contributed by atoms with van der Waals surface area (Å²) in [4.78, 5) is 27.0. The summed E-state index contributed by atoms with van der Waals surface area (Å²) in [5.41, 5.74) is -0.553. The van der Waals surface area contributed by atoms with Crippen molar-refractivity contribution < 1.29 is 14.3 Å². The Morgan fingerprint density at radius 1 is 1.17 bits per heavy atom. The highest BCUT2D eigenvalue weighted by molar-refractivity contribution is 5.85. The smallest absolute Gasteiger partial charge is 0.409 e. The van der Waals surface area contributed by atoms with Gasteiger partial charge in [-0.05, 0) is 20.4 Å². The first-order valence-corrected chi connectivity index (χ1v) is 6.29. The van der Waals surface area contributed by atoms with Crippen LogP contribution in [0, 0.1) is 0 Å². The summed E-state index contributed by atoms with van der Waals surface area (Å²) in [5.74, 6) is 0.0777. The number of likely N-dealkylation sites (N-methyl/N-ethyl adjacent to an activating group) is 1. The zero-order chi connectivity index (χ0) is 13.8. The van der Waals surface area contributed by atoms with Crippen molar-refractivity contribution in [1.82, 2.24) is 15.1 Å². The van der Waals surface area contributed by atoms with Crippen LogP contribution in [0.15, 0.2) is 0 Å². The molecule has 1 N–H and O–H groups in total. The predicted molar refractivity (Wildman–Crippen MR) is 68.3 cm³/mol. The standard InChI is InChI=1S/C12H23N3O3/c1-5-13-12(2,3)10(16)14-6-8-15(9-7-14)11(17)18-4/h13H,5-9H2,1-4H3.